The Bertz CT molecular complexity index is 1730. The molecule has 2 amide bonds. The number of hydrogen-bond acceptors (Lipinski definition) is 4. The Morgan fingerprint density at radius 2 is 1.50 bits per heavy atom. The number of benzene rings is 4. The highest BCUT2D eigenvalue weighted by Gasteiger charge is 2.35. The quantitative estimate of drug-likeness (QED) is 0.148. The van der Waals surface area contributed by atoms with E-state index in [1.165, 1.54) is 9.21 Å². The van der Waals surface area contributed by atoms with Crippen LogP contribution in [0.25, 0.3) is 0 Å². The Kier molecular flexibility index (Phi) is 12.0. The predicted molar refractivity (Wildman–Crippen MR) is 185 cm³/mol. The maximum Gasteiger partial charge on any atom is 0.264 e. The van der Waals surface area contributed by atoms with Gasteiger partial charge < -0.3 is 10.2 Å². The third-order valence-corrected chi connectivity index (χ3v) is 10.1. The number of nitrogens with one attached hydrogen (secondary N) is 1. The Balaban J connectivity index is 1.81. The first-order chi connectivity index (χ1) is 22.0. The molecule has 7 nitrogen and oxygen atoms in total. The molecule has 1 N–H and O–H groups in total. The second-order valence-electron chi connectivity index (χ2n) is 11.5. The topological polar surface area (TPSA) is 86.8 Å². The lowest BCUT2D eigenvalue weighted by Crippen LogP contribution is -2.53. The lowest BCUT2D eigenvalue weighted by molar-refractivity contribution is -0.140. The molecule has 0 aliphatic rings. The summed E-state index contributed by atoms with van der Waals surface area (Å²) in [7, 11) is -4.17. The molecule has 0 saturated heterocycles. The fourth-order valence-corrected chi connectivity index (χ4v) is 6.80. The molecule has 46 heavy (non-hydrogen) atoms. The Morgan fingerprint density at radius 1 is 0.826 bits per heavy atom. The molecule has 0 spiro atoms. The maximum atomic E-state index is 14.6. The van der Waals surface area contributed by atoms with Crippen LogP contribution in [0.3, 0.4) is 0 Å². The SMILES string of the molecule is CCCCNC(=O)C(Cc1ccccc1)N(Cc1ccc(Cl)cc1)C(=O)CN(c1cccc(C)c1C)S(=O)(=O)c1ccc(C)cc1. The van der Waals surface area contributed by atoms with E-state index in [-0.39, 0.29) is 23.8 Å². The van der Waals surface area contributed by atoms with Gasteiger partial charge in [-0.05, 0) is 79.8 Å². The molecule has 0 heterocycles. The number of nitrogens with zero attached hydrogens (tertiary/aromatic N) is 2. The fourth-order valence-electron chi connectivity index (χ4n) is 5.20. The van der Waals surface area contributed by atoms with Crippen LogP contribution >= 0.6 is 11.6 Å². The van der Waals surface area contributed by atoms with E-state index in [0.717, 1.165) is 40.7 Å². The minimum absolute atomic E-state index is 0.0780. The van der Waals surface area contributed by atoms with Crippen LogP contribution in [0.4, 0.5) is 5.69 Å². The fraction of sp³-hybridized carbons (Fsp3) is 0.297. The number of rotatable bonds is 14. The van der Waals surface area contributed by atoms with Gasteiger partial charge in [0.25, 0.3) is 10.0 Å². The van der Waals surface area contributed by atoms with Crippen molar-refractivity contribution in [2.45, 2.75) is 64.4 Å². The van der Waals surface area contributed by atoms with Gasteiger partial charge in [0.2, 0.25) is 11.8 Å². The van der Waals surface area contributed by atoms with Gasteiger partial charge in [-0.3, -0.25) is 13.9 Å². The van der Waals surface area contributed by atoms with Crippen LogP contribution in [0.5, 0.6) is 0 Å². The zero-order valence-corrected chi connectivity index (χ0v) is 28.4. The minimum Gasteiger partial charge on any atom is -0.354 e. The second-order valence-corrected chi connectivity index (χ2v) is 13.8. The number of amides is 2. The number of carbonyl (C=O) groups excluding carboxylic acids is 2. The smallest absolute Gasteiger partial charge is 0.264 e. The summed E-state index contributed by atoms with van der Waals surface area (Å²) in [6.07, 6.45) is 1.95. The van der Waals surface area contributed by atoms with Crippen LogP contribution in [0.1, 0.15) is 47.6 Å². The molecule has 0 bridgehead atoms. The summed E-state index contributed by atoms with van der Waals surface area (Å²) >= 11 is 6.17. The van der Waals surface area contributed by atoms with Gasteiger partial charge in [-0.2, -0.15) is 0 Å². The summed E-state index contributed by atoms with van der Waals surface area (Å²) < 4.78 is 29.8. The summed E-state index contributed by atoms with van der Waals surface area (Å²) in [6.45, 7) is 7.73. The number of sulfonamides is 1. The molecule has 4 aromatic carbocycles. The summed E-state index contributed by atoms with van der Waals surface area (Å²) in [4.78, 5) is 30.0. The number of anilines is 1. The van der Waals surface area contributed by atoms with Crippen molar-refractivity contribution in [2.75, 3.05) is 17.4 Å². The van der Waals surface area contributed by atoms with E-state index in [4.69, 9.17) is 11.6 Å². The van der Waals surface area contributed by atoms with Crippen LogP contribution in [0.15, 0.2) is 102 Å². The molecule has 0 aliphatic carbocycles. The number of halogens is 1. The first-order valence-corrected chi connectivity index (χ1v) is 17.3. The normalized spacial score (nSPS) is 11.9. The van der Waals surface area contributed by atoms with E-state index in [0.29, 0.717) is 17.3 Å². The third-order valence-electron chi connectivity index (χ3n) is 8.10. The number of aryl methyl sites for hydroxylation is 2. The van der Waals surface area contributed by atoms with Crippen LogP contribution in [-0.2, 0) is 32.6 Å². The average Bonchev–Trinajstić information content (AvgIpc) is 3.04. The Labute approximate surface area is 278 Å². The first-order valence-electron chi connectivity index (χ1n) is 15.5. The van der Waals surface area contributed by atoms with Gasteiger partial charge in [0.15, 0.2) is 0 Å². The predicted octanol–water partition coefficient (Wildman–Crippen LogP) is 7.02. The summed E-state index contributed by atoms with van der Waals surface area (Å²) in [6, 6.07) is 27.7. The van der Waals surface area contributed by atoms with Gasteiger partial charge in [-0.1, -0.05) is 97.2 Å². The molecule has 0 saturated carbocycles. The molecule has 1 atom stereocenters. The van der Waals surface area contributed by atoms with Crippen molar-refractivity contribution in [2.24, 2.45) is 0 Å². The van der Waals surface area contributed by atoms with Gasteiger partial charge >= 0.3 is 0 Å². The van der Waals surface area contributed by atoms with E-state index < -0.39 is 28.5 Å². The van der Waals surface area contributed by atoms with Crippen molar-refractivity contribution < 1.29 is 18.0 Å². The highest BCUT2D eigenvalue weighted by Crippen LogP contribution is 2.29. The average molecular weight is 660 g/mol. The Hall–Kier alpha value is -4.14. The molecule has 9 heteroatoms. The largest absolute Gasteiger partial charge is 0.354 e. The van der Waals surface area contributed by atoms with Gasteiger partial charge in [0.1, 0.15) is 12.6 Å². The molecule has 242 valence electrons. The zero-order valence-electron chi connectivity index (χ0n) is 26.9. The molecule has 0 radical (unpaired) electrons. The standard InChI is InChI=1S/C37H42ClN3O4S/c1-5-6-23-39-37(43)35(24-30-12-8-7-9-13-30)40(25-31-17-19-32(38)20-18-31)36(42)26-41(34-14-10-11-28(3)29(34)4)46(44,45)33-21-15-27(2)16-22-33/h7-22,35H,5-6,23-26H2,1-4H3,(H,39,43). The first kappa shape index (κ1) is 34.7. The van der Waals surface area contributed by atoms with Crippen LogP contribution in [0, 0.1) is 20.8 Å². The van der Waals surface area contributed by atoms with Crippen molar-refractivity contribution in [3.8, 4) is 0 Å². The molecule has 4 rings (SSSR count). The number of hydrogen-bond donors (Lipinski definition) is 1. The molecular weight excluding hydrogens is 618 g/mol. The second kappa shape index (κ2) is 15.9. The highest BCUT2D eigenvalue weighted by atomic mass is 35.5. The van der Waals surface area contributed by atoms with Crippen molar-refractivity contribution >= 4 is 39.1 Å². The molecule has 0 aliphatic heterocycles. The number of carbonyl (C=O) groups is 2. The summed E-state index contributed by atoms with van der Waals surface area (Å²) in [5.41, 5.74) is 4.60. The molecule has 1 unspecified atom stereocenters. The van der Waals surface area contributed by atoms with Crippen molar-refractivity contribution in [1.82, 2.24) is 10.2 Å². The van der Waals surface area contributed by atoms with Crippen molar-refractivity contribution in [3.05, 3.63) is 130 Å². The molecule has 0 fully saturated rings. The zero-order chi connectivity index (χ0) is 33.3. The van der Waals surface area contributed by atoms with Crippen LogP contribution < -0.4 is 9.62 Å². The minimum atomic E-state index is -4.17. The van der Waals surface area contributed by atoms with E-state index >= 15 is 0 Å². The van der Waals surface area contributed by atoms with E-state index in [9.17, 15) is 18.0 Å². The molecule has 4 aromatic rings. The van der Waals surface area contributed by atoms with E-state index in [1.807, 2.05) is 76.2 Å². The van der Waals surface area contributed by atoms with Crippen molar-refractivity contribution in [1.29, 1.82) is 0 Å². The van der Waals surface area contributed by atoms with Gasteiger partial charge in [0, 0.05) is 24.5 Å². The van der Waals surface area contributed by atoms with Gasteiger partial charge in [0.05, 0.1) is 10.6 Å². The summed E-state index contributed by atoms with van der Waals surface area (Å²) in [5.74, 6) is -0.794. The molecular formula is C37H42ClN3O4S. The highest BCUT2D eigenvalue weighted by molar-refractivity contribution is 7.92. The van der Waals surface area contributed by atoms with Gasteiger partial charge in [-0.25, -0.2) is 8.42 Å². The van der Waals surface area contributed by atoms with E-state index in [2.05, 4.69) is 5.32 Å². The molecule has 0 aromatic heterocycles. The van der Waals surface area contributed by atoms with E-state index in [1.54, 1.807) is 48.5 Å². The lowest BCUT2D eigenvalue weighted by atomic mass is 10.0. The van der Waals surface area contributed by atoms with Crippen LogP contribution in [-0.4, -0.2) is 44.3 Å². The van der Waals surface area contributed by atoms with Crippen LogP contribution in [0.2, 0.25) is 5.02 Å². The monoisotopic (exact) mass is 659 g/mol. The van der Waals surface area contributed by atoms with Gasteiger partial charge in [-0.15, -0.1) is 0 Å². The summed E-state index contributed by atoms with van der Waals surface area (Å²) in [5, 5.41) is 3.56. The maximum absolute atomic E-state index is 14.6. The lowest BCUT2D eigenvalue weighted by Gasteiger charge is -2.34. The number of unbranched alkanes of at least 4 members (excludes halogenated alkanes) is 1. The third kappa shape index (κ3) is 8.77. The Morgan fingerprint density at radius 3 is 2.15 bits per heavy atom. The van der Waals surface area contributed by atoms with Crippen molar-refractivity contribution in [3.63, 3.8) is 0 Å².